The van der Waals surface area contributed by atoms with Gasteiger partial charge in [0.15, 0.2) is 0 Å². The van der Waals surface area contributed by atoms with Gasteiger partial charge in [-0.05, 0) is 18.2 Å². The Hall–Kier alpha value is -1.57. The van der Waals surface area contributed by atoms with Crippen LogP contribution in [0, 0.1) is 0 Å². The number of halogens is 5. The zero-order valence-electron chi connectivity index (χ0n) is 9.88. The fraction of sp³-hybridized carbons (Fsp3) is 0.455. The summed E-state index contributed by atoms with van der Waals surface area (Å²) in [4.78, 5) is 0. The normalized spacial score (nSPS) is 13.5. The van der Waals surface area contributed by atoms with Gasteiger partial charge >= 0.3 is 6.36 Å². The SMILES string of the molecule is COc1ccc(OC(F)(F)F)cc1[C@@H](N)CC(F)F. The number of rotatable bonds is 5. The van der Waals surface area contributed by atoms with Crippen molar-refractivity contribution in [2.45, 2.75) is 25.3 Å². The summed E-state index contributed by atoms with van der Waals surface area (Å²) in [6.45, 7) is 0. The van der Waals surface area contributed by atoms with Crippen molar-refractivity contribution in [1.82, 2.24) is 0 Å². The maximum absolute atomic E-state index is 12.2. The first-order chi connectivity index (χ1) is 8.73. The molecule has 1 aromatic rings. The van der Waals surface area contributed by atoms with Crippen LogP contribution in [0.5, 0.6) is 11.5 Å². The molecule has 0 spiro atoms. The molecule has 0 aliphatic heterocycles. The van der Waals surface area contributed by atoms with Crippen LogP contribution >= 0.6 is 0 Å². The molecule has 0 unspecified atom stereocenters. The maximum atomic E-state index is 12.2. The minimum Gasteiger partial charge on any atom is -0.496 e. The van der Waals surface area contributed by atoms with Crippen LogP contribution in [0.3, 0.4) is 0 Å². The molecule has 0 saturated carbocycles. The summed E-state index contributed by atoms with van der Waals surface area (Å²) in [5.41, 5.74) is 5.54. The molecule has 0 amide bonds. The summed E-state index contributed by atoms with van der Waals surface area (Å²) in [7, 11) is 1.26. The van der Waals surface area contributed by atoms with Crippen LogP contribution in [0.15, 0.2) is 18.2 Å². The second-order valence-electron chi connectivity index (χ2n) is 3.68. The van der Waals surface area contributed by atoms with E-state index in [1.165, 1.54) is 13.2 Å². The third-order valence-electron chi connectivity index (χ3n) is 2.27. The molecule has 1 aromatic carbocycles. The predicted molar refractivity (Wildman–Crippen MR) is 57.2 cm³/mol. The lowest BCUT2D eigenvalue weighted by molar-refractivity contribution is -0.274. The number of hydrogen-bond acceptors (Lipinski definition) is 3. The van der Waals surface area contributed by atoms with Gasteiger partial charge in [-0.1, -0.05) is 0 Å². The highest BCUT2D eigenvalue weighted by Crippen LogP contribution is 2.33. The molecule has 1 atom stereocenters. The van der Waals surface area contributed by atoms with Crippen LogP contribution in [0.2, 0.25) is 0 Å². The monoisotopic (exact) mass is 285 g/mol. The van der Waals surface area contributed by atoms with E-state index in [0.717, 1.165) is 12.1 Å². The standard InChI is InChI=1S/C11H12F5NO2/c1-18-9-3-2-6(19-11(14,15)16)4-7(9)8(17)5-10(12)13/h2-4,8,10H,5,17H2,1H3/t8-/m0/s1. The Balaban J connectivity index is 3.02. The lowest BCUT2D eigenvalue weighted by Crippen LogP contribution is -2.18. The van der Waals surface area contributed by atoms with Gasteiger partial charge in [-0.2, -0.15) is 0 Å². The van der Waals surface area contributed by atoms with E-state index in [4.69, 9.17) is 10.5 Å². The van der Waals surface area contributed by atoms with Crippen molar-refractivity contribution in [3.8, 4) is 11.5 Å². The topological polar surface area (TPSA) is 44.5 Å². The minimum absolute atomic E-state index is 0.0320. The van der Waals surface area contributed by atoms with Crippen LogP contribution in [0.4, 0.5) is 22.0 Å². The van der Waals surface area contributed by atoms with Gasteiger partial charge in [-0.15, -0.1) is 13.2 Å². The second-order valence-corrected chi connectivity index (χ2v) is 3.68. The maximum Gasteiger partial charge on any atom is 0.573 e. The van der Waals surface area contributed by atoms with Gasteiger partial charge in [-0.25, -0.2) is 8.78 Å². The predicted octanol–water partition coefficient (Wildman–Crippen LogP) is 3.25. The van der Waals surface area contributed by atoms with Gasteiger partial charge in [0, 0.05) is 18.0 Å². The minimum atomic E-state index is -4.86. The largest absolute Gasteiger partial charge is 0.573 e. The van der Waals surface area contributed by atoms with E-state index in [1.54, 1.807) is 0 Å². The third kappa shape index (κ3) is 4.90. The first-order valence-electron chi connectivity index (χ1n) is 5.20. The van der Waals surface area contributed by atoms with Crippen molar-refractivity contribution in [3.05, 3.63) is 23.8 Å². The van der Waals surface area contributed by atoms with E-state index in [1.807, 2.05) is 0 Å². The molecule has 19 heavy (non-hydrogen) atoms. The van der Waals surface area contributed by atoms with E-state index >= 15 is 0 Å². The first-order valence-corrected chi connectivity index (χ1v) is 5.20. The summed E-state index contributed by atoms with van der Waals surface area (Å²) in [5, 5.41) is 0. The third-order valence-corrected chi connectivity index (χ3v) is 2.27. The average Bonchev–Trinajstić information content (AvgIpc) is 2.25. The molecule has 1 rings (SSSR count). The molecule has 0 heterocycles. The number of alkyl halides is 5. The number of ether oxygens (including phenoxy) is 2. The Morgan fingerprint density at radius 3 is 2.37 bits per heavy atom. The van der Waals surface area contributed by atoms with E-state index in [0.29, 0.717) is 0 Å². The fourth-order valence-electron chi connectivity index (χ4n) is 1.52. The lowest BCUT2D eigenvalue weighted by Gasteiger charge is -2.17. The summed E-state index contributed by atoms with van der Waals surface area (Å²) < 4.78 is 69.2. The smallest absolute Gasteiger partial charge is 0.496 e. The van der Waals surface area contributed by atoms with Crippen molar-refractivity contribution in [2.24, 2.45) is 5.73 Å². The van der Waals surface area contributed by atoms with Crippen LogP contribution in [0.1, 0.15) is 18.0 Å². The van der Waals surface area contributed by atoms with Crippen LogP contribution in [-0.2, 0) is 0 Å². The number of nitrogens with two attached hydrogens (primary N) is 1. The van der Waals surface area contributed by atoms with Crippen molar-refractivity contribution in [2.75, 3.05) is 7.11 Å². The molecule has 8 heteroatoms. The van der Waals surface area contributed by atoms with Crippen molar-refractivity contribution >= 4 is 0 Å². The second kappa shape index (κ2) is 6.05. The molecule has 0 saturated heterocycles. The van der Waals surface area contributed by atoms with Crippen molar-refractivity contribution in [1.29, 1.82) is 0 Å². The summed E-state index contributed by atoms with van der Waals surface area (Å²) >= 11 is 0. The summed E-state index contributed by atoms with van der Waals surface area (Å²) in [6, 6.07) is 2.00. The van der Waals surface area contributed by atoms with Gasteiger partial charge in [0.2, 0.25) is 6.43 Å². The van der Waals surface area contributed by atoms with Gasteiger partial charge in [0.1, 0.15) is 11.5 Å². The highest BCUT2D eigenvalue weighted by Gasteiger charge is 2.31. The molecule has 108 valence electrons. The van der Waals surface area contributed by atoms with Crippen LogP contribution in [-0.4, -0.2) is 19.9 Å². The van der Waals surface area contributed by atoms with E-state index < -0.39 is 31.0 Å². The van der Waals surface area contributed by atoms with Crippen LogP contribution < -0.4 is 15.2 Å². The first kappa shape index (κ1) is 15.5. The Kier molecular flexibility index (Phi) is 4.93. The molecule has 0 aliphatic rings. The Morgan fingerprint density at radius 1 is 1.26 bits per heavy atom. The Bertz CT molecular complexity index is 422. The number of methoxy groups -OCH3 is 1. The van der Waals surface area contributed by atoms with Gasteiger partial charge < -0.3 is 15.2 Å². The van der Waals surface area contributed by atoms with Gasteiger partial charge in [-0.3, -0.25) is 0 Å². The molecule has 3 nitrogen and oxygen atoms in total. The molecule has 0 radical (unpaired) electrons. The molecule has 2 N–H and O–H groups in total. The Labute approximate surface area is 106 Å². The average molecular weight is 285 g/mol. The van der Waals surface area contributed by atoms with E-state index in [2.05, 4.69) is 4.74 Å². The summed E-state index contributed by atoms with van der Waals surface area (Å²) in [6.07, 6.45) is -8.23. The molecule has 0 fully saturated rings. The molecule has 0 aromatic heterocycles. The Morgan fingerprint density at radius 2 is 1.89 bits per heavy atom. The van der Waals surface area contributed by atoms with Crippen molar-refractivity contribution < 1.29 is 31.4 Å². The van der Waals surface area contributed by atoms with E-state index in [-0.39, 0.29) is 11.3 Å². The lowest BCUT2D eigenvalue weighted by atomic mass is 10.0. The van der Waals surface area contributed by atoms with E-state index in [9.17, 15) is 22.0 Å². The number of benzene rings is 1. The number of hydrogen-bond donors (Lipinski definition) is 1. The molecule has 0 aliphatic carbocycles. The molecular formula is C11H12F5NO2. The highest BCUT2D eigenvalue weighted by atomic mass is 19.4. The quantitative estimate of drug-likeness (QED) is 0.845. The molecule has 0 bridgehead atoms. The summed E-state index contributed by atoms with van der Waals surface area (Å²) in [5.74, 6) is -0.407. The fourth-order valence-corrected chi connectivity index (χ4v) is 1.52. The van der Waals surface area contributed by atoms with Gasteiger partial charge in [0.25, 0.3) is 0 Å². The van der Waals surface area contributed by atoms with Crippen molar-refractivity contribution in [3.63, 3.8) is 0 Å². The zero-order valence-corrected chi connectivity index (χ0v) is 9.88. The van der Waals surface area contributed by atoms with Gasteiger partial charge in [0.05, 0.1) is 7.11 Å². The molecular weight excluding hydrogens is 273 g/mol. The highest BCUT2D eigenvalue weighted by molar-refractivity contribution is 5.42. The zero-order chi connectivity index (χ0) is 14.6. The van der Waals surface area contributed by atoms with Crippen LogP contribution in [0.25, 0.3) is 0 Å².